The van der Waals surface area contributed by atoms with Crippen molar-refractivity contribution >= 4 is 29.8 Å². The van der Waals surface area contributed by atoms with E-state index in [-0.39, 0.29) is 6.61 Å². The number of hydrogen-bond acceptors (Lipinski definition) is 13. The Bertz CT molecular complexity index is 1340. The fourth-order valence-corrected chi connectivity index (χ4v) is 4.82. The molecular weight excluding hydrogens is 580 g/mol. The standard InChI is InChI=1S/C31H36O13/c1-17(32)40-15-25-28(41-18(2)33)30(44-26(35)16-37-4)29(42-19(3)34)27(43-25)23-14-21(9-12-24(23)38-5)13-20-7-10-22(11-8-20)31(36)39-6/h7-12,14,25,27-30H,13,15-16H2,1-6H3/t25-,27+,28+,29+,30+/m1/s1. The van der Waals surface area contributed by atoms with Crippen LogP contribution in [0.5, 0.6) is 5.75 Å². The summed E-state index contributed by atoms with van der Waals surface area (Å²) in [4.78, 5) is 60.7. The second-order valence-electron chi connectivity index (χ2n) is 9.87. The molecule has 0 radical (unpaired) electrons. The van der Waals surface area contributed by atoms with Gasteiger partial charge in [-0.3, -0.25) is 14.4 Å². The maximum absolute atomic E-state index is 12.6. The molecule has 0 N–H and O–H groups in total. The number of benzene rings is 2. The lowest BCUT2D eigenvalue weighted by molar-refractivity contribution is -0.255. The van der Waals surface area contributed by atoms with Gasteiger partial charge in [-0.25, -0.2) is 9.59 Å². The Kier molecular flexibility index (Phi) is 12.2. The molecule has 2 aromatic rings. The highest BCUT2D eigenvalue weighted by Crippen LogP contribution is 2.41. The summed E-state index contributed by atoms with van der Waals surface area (Å²) in [7, 11) is 4.05. The molecule has 0 bridgehead atoms. The second-order valence-corrected chi connectivity index (χ2v) is 9.87. The molecule has 1 heterocycles. The van der Waals surface area contributed by atoms with Crippen molar-refractivity contribution in [2.24, 2.45) is 0 Å². The minimum absolute atomic E-state index is 0.357. The van der Waals surface area contributed by atoms with Gasteiger partial charge in [-0.15, -0.1) is 0 Å². The van der Waals surface area contributed by atoms with Gasteiger partial charge in [0.15, 0.2) is 18.3 Å². The molecular formula is C31H36O13. The van der Waals surface area contributed by atoms with Crippen LogP contribution in [0.25, 0.3) is 0 Å². The second kappa shape index (κ2) is 15.8. The Morgan fingerprint density at radius 2 is 1.39 bits per heavy atom. The number of methoxy groups -OCH3 is 3. The third kappa shape index (κ3) is 9.01. The van der Waals surface area contributed by atoms with E-state index >= 15 is 0 Å². The van der Waals surface area contributed by atoms with Crippen molar-refractivity contribution in [3.05, 3.63) is 64.7 Å². The molecule has 1 aliphatic heterocycles. The maximum atomic E-state index is 12.6. The largest absolute Gasteiger partial charge is 0.496 e. The number of carbonyl (C=O) groups is 5. The average Bonchev–Trinajstić information content (AvgIpc) is 2.97. The van der Waals surface area contributed by atoms with E-state index in [1.165, 1.54) is 35.2 Å². The normalized spacial score (nSPS) is 21.0. The van der Waals surface area contributed by atoms with E-state index in [9.17, 15) is 24.0 Å². The zero-order valence-corrected chi connectivity index (χ0v) is 25.4. The summed E-state index contributed by atoms with van der Waals surface area (Å²) in [5, 5.41) is 0. The molecule has 0 aliphatic carbocycles. The van der Waals surface area contributed by atoms with Crippen molar-refractivity contribution in [1.82, 2.24) is 0 Å². The molecule has 0 saturated carbocycles. The molecule has 2 aromatic carbocycles. The number of ether oxygens (including phenoxy) is 8. The zero-order chi connectivity index (χ0) is 32.4. The van der Waals surface area contributed by atoms with Gasteiger partial charge in [0.1, 0.15) is 31.2 Å². The highest BCUT2D eigenvalue weighted by atomic mass is 16.7. The van der Waals surface area contributed by atoms with E-state index in [0.29, 0.717) is 23.3 Å². The summed E-state index contributed by atoms with van der Waals surface area (Å²) in [6, 6.07) is 12.2. The van der Waals surface area contributed by atoms with E-state index in [1.807, 2.05) is 6.07 Å². The molecule has 0 aromatic heterocycles. The Morgan fingerprint density at radius 3 is 1.95 bits per heavy atom. The van der Waals surface area contributed by atoms with Crippen molar-refractivity contribution < 1.29 is 61.9 Å². The lowest BCUT2D eigenvalue weighted by Gasteiger charge is -2.45. The van der Waals surface area contributed by atoms with Crippen molar-refractivity contribution in [3.63, 3.8) is 0 Å². The quantitative estimate of drug-likeness (QED) is 0.253. The first-order chi connectivity index (χ1) is 21.0. The summed E-state index contributed by atoms with van der Waals surface area (Å²) in [5.41, 5.74) is 2.50. The summed E-state index contributed by atoms with van der Waals surface area (Å²) in [5.74, 6) is -3.01. The fourth-order valence-electron chi connectivity index (χ4n) is 4.82. The van der Waals surface area contributed by atoms with Gasteiger partial charge < -0.3 is 37.9 Å². The van der Waals surface area contributed by atoms with Crippen LogP contribution < -0.4 is 4.74 Å². The molecule has 5 atom stereocenters. The number of carbonyl (C=O) groups excluding carboxylic acids is 5. The summed E-state index contributed by atoms with van der Waals surface area (Å²) in [6.07, 6.45) is -5.88. The Hall–Kier alpha value is -4.49. The predicted octanol–water partition coefficient (Wildman–Crippen LogP) is 2.50. The van der Waals surface area contributed by atoms with E-state index in [0.717, 1.165) is 18.1 Å². The topological polar surface area (TPSA) is 159 Å². The van der Waals surface area contributed by atoms with E-state index in [4.69, 9.17) is 37.9 Å². The predicted molar refractivity (Wildman–Crippen MR) is 151 cm³/mol. The lowest BCUT2D eigenvalue weighted by Crippen LogP contribution is -2.59. The van der Waals surface area contributed by atoms with Crippen LogP contribution in [0, 0.1) is 0 Å². The zero-order valence-electron chi connectivity index (χ0n) is 25.4. The van der Waals surface area contributed by atoms with Crippen LogP contribution >= 0.6 is 0 Å². The molecule has 0 spiro atoms. The third-order valence-corrected chi connectivity index (χ3v) is 6.60. The van der Waals surface area contributed by atoms with Crippen LogP contribution in [0.15, 0.2) is 42.5 Å². The van der Waals surface area contributed by atoms with Gasteiger partial charge in [-0.2, -0.15) is 0 Å². The minimum Gasteiger partial charge on any atom is -0.496 e. The summed E-state index contributed by atoms with van der Waals surface area (Å²) >= 11 is 0. The molecule has 1 aliphatic rings. The van der Waals surface area contributed by atoms with Crippen LogP contribution in [0.3, 0.4) is 0 Å². The molecule has 238 valence electrons. The Labute approximate surface area is 254 Å². The van der Waals surface area contributed by atoms with E-state index in [2.05, 4.69) is 0 Å². The maximum Gasteiger partial charge on any atom is 0.337 e. The van der Waals surface area contributed by atoms with Gasteiger partial charge in [-0.05, 0) is 41.8 Å². The highest BCUT2D eigenvalue weighted by molar-refractivity contribution is 5.89. The van der Waals surface area contributed by atoms with Gasteiger partial charge in [0.05, 0.1) is 19.8 Å². The van der Waals surface area contributed by atoms with Gasteiger partial charge in [0.2, 0.25) is 0 Å². The average molecular weight is 617 g/mol. The minimum atomic E-state index is -1.39. The first-order valence-corrected chi connectivity index (χ1v) is 13.6. The van der Waals surface area contributed by atoms with Crippen LogP contribution in [-0.2, 0) is 58.8 Å². The molecule has 1 saturated heterocycles. The van der Waals surface area contributed by atoms with E-state index < -0.39 is 67.0 Å². The van der Waals surface area contributed by atoms with Gasteiger partial charge in [0.25, 0.3) is 0 Å². The van der Waals surface area contributed by atoms with Gasteiger partial charge >= 0.3 is 29.8 Å². The molecule has 13 nitrogen and oxygen atoms in total. The third-order valence-electron chi connectivity index (χ3n) is 6.60. The first-order valence-electron chi connectivity index (χ1n) is 13.6. The van der Waals surface area contributed by atoms with Gasteiger partial charge in [0, 0.05) is 33.4 Å². The summed E-state index contributed by atoms with van der Waals surface area (Å²) in [6.45, 7) is 2.70. The molecule has 1 fully saturated rings. The molecule has 13 heteroatoms. The number of esters is 5. The SMILES string of the molecule is COCC(=O)O[C@H]1[C@@H](OC(C)=O)[C@@H](COC(C)=O)O[C@@H](c2cc(Cc3ccc(C(=O)OC)cc3)ccc2OC)[C@@H]1OC(C)=O. The highest BCUT2D eigenvalue weighted by Gasteiger charge is 2.53. The van der Waals surface area contributed by atoms with Crippen molar-refractivity contribution in [1.29, 1.82) is 0 Å². The van der Waals surface area contributed by atoms with Crippen LogP contribution in [0.4, 0.5) is 0 Å². The van der Waals surface area contributed by atoms with Crippen molar-refractivity contribution in [2.75, 3.05) is 34.5 Å². The van der Waals surface area contributed by atoms with Crippen LogP contribution in [0.2, 0.25) is 0 Å². The Balaban J connectivity index is 2.10. The van der Waals surface area contributed by atoms with Gasteiger partial charge in [-0.1, -0.05) is 18.2 Å². The Morgan fingerprint density at radius 1 is 0.750 bits per heavy atom. The van der Waals surface area contributed by atoms with E-state index in [1.54, 1.807) is 36.4 Å². The lowest BCUT2D eigenvalue weighted by atomic mass is 9.88. The number of hydrogen-bond donors (Lipinski definition) is 0. The molecule has 44 heavy (non-hydrogen) atoms. The smallest absolute Gasteiger partial charge is 0.337 e. The van der Waals surface area contributed by atoms with Crippen molar-refractivity contribution in [3.8, 4) is 5.75 Å². The number of rotatable bonds is 12. The van der Waals surface area contributed by atoms with Crippen LogP contribution in [0.1, 0.15) is 53.9 Å². The molecule has 3 rings (SSSR count). The first kappa shape index (κ1) is 34.0. The van der Waals surface area contributed by atoms with Crippen LogP contribution in [-0.4, -0.2) is 88.8 Å². The van der Waals surface area contributed by atoms with Crippen molar-refractivity contribution in [2.45, 2.75) is 57.7 Å². The molecule has 0 unspecified atom stereocenters. The fraction of sp³-hybridized carbons (Fsp3) is 0.452. The molecule has 0 amide bonds. The monoisotopic (exact) mass is 616 g/mol. The summed E-state index contributed by atoms with van der Waals surface area (Å²) < 4.78 is 43.6.